The molecular weight excluding hydrogens is 522 g/mol. The Morgan fingerprint density at radius 1 is 0.875 bits per heavy atom. The molecule has 9 heteroatoms. The maximum absolute atomic E-state index is 13.4. The fraction of sp³-hybridized carbons (Fsp3) is 0.129. The number of aryl methyl sites for hydroxylation is 1. The summed E-state index contributed by atoms with van der Waals surface area (Å²) in [4.78, 5) is 24.0. The molecule has 0 aliphatic carbocycles. The molecule has 0 spiro atoms. The van der Waals surface area contributed by atoms with Crippen LogP contribution in [0.15, 0.2) is 114 Å². The molecule has 1 unspecified atom stereocenters. The Balaban J connectivity index is 1.52. The van der Waals surface area contributed by atoms with E-state index in [0.29, 0.717) is 28.7 Å². The number of hydrogen-bond acceptors (Lipinski definition) is 6. The second-order valence-corrected chi connectivity index (χ2v) is 10.2. The van der Waals surface area contributed by atoms with Crippen LogP contribution in [-0.2, 0) is 12.2 Å². The molecule has 5 rings (SSSR count). The van der Waals surface area contributed by atoms with Gasteiger partial charge in [0.05, 0.1) is 11.0 Å². The number of non-ortho nitro benzene ring substituents is 1. The number of amides is 1. The highest BCUT2D eigenvalue weighted by Crippen LogP contribution is 2.29. The van der Waals surface area contributed by atoms with Crippen molar-refractivity contribution in [1.29, 1.82) is 0 Å². The number of rotatable bonds is 10. The van der Waals surface area contributed by atoms with Crippen molar-refractivity contribution >= 4 is 23.4 Å². The van der Waals surface area contributed by atoms with Gasteiger partial charge < -0.3 is 5.32 Å². The normalized spacial score (nSPS) is 11.6. The fourth-order valence-corrected chi connectivity index (χ4v) is 5.21. The second-order valence-electron chi connectivity index (χ2n) is 9.31. The molecule has 0 radical (unpaired) electrons. The number of nitrogens with zero attached hydrogens (tertiary/aromatic N) is 4. The van der Waals surface area contributed by atoms with Gasteiger partial charge in [-0.2, -0.15) is 0 Å². The number of thioether (sulfide) groups is 1. The predicted molar refractivity (Wildman–Crippen MR) is 156 cm³/mol. The van der Waals surface area contributed by atoms with Crippen molar-refractivity contribution in [2.24, 2.45) is 0 Å². The van der Waals surface area contributed by atoms with Gasteiger partial charge in [0.2, 0.25) is 0 Å². The van der Waals surface area contributed by atoms with Gasteiger partial charge in [0, 0.05) is 29.1 Å². The quantitative estimate of drug-likeness (QED) is 0.121. The van der Waals surface area contributed by atoms with Crippen LogP contribution in [0, 0.1) is 17.0 Å². The van der Waals surface area contributed by atoms with Crippen molar-refractivity contribution in [3.8, 4) is 5.69 Å². The third-order valence-corrected chi connectivity index (χ3v) is 7.40. The Kier molecular flexibility index (Phi) is 8.32. The molecule has 1 amide bonds. The molecule has 1 N–H and O–H groups in total. The SMILES string of the molecule is Cc1ccc(-n2c(SCc3ccccc3)nnc2C(Cc2ccccc2)NC(=O)c2ccc([N+](=O)[O-])cc2)cc1. The summed E-state index contributed by atoms with van der Waals surface area (Å²) in [6, 6.07) is 33.2. The molecule has 0 aliphatic rings. The first kappa shape index (κ1) is 26.8. The summed E-state index contributed by atoms with van der Waals surface area (Å²) in [6.07, 6.45) is 0.479. The number of carbonyl (C=O) groups excluding carboxylic acids is 1. The molecule has 1 atom stereocenters. The Labute approximate surface area is 236 Å². The number of nitro groups is 1. The lowest BCUT2D eigenvalue weighted by Gasteiger charge is -2.20. The third-order valence-electron chi connectivity index (χ3n) is 6.40. The molecule has 200 valence electrons. The number of carbonyl (C=O) groups is 1. The summed E-state index contributed by atoms with van der Waals surface area (Å²) in [7, 11) is 0. The average molecular weight is 550 g/mol. The van der Waals surface area contributed by atoms with E-state index in [2.05, 4.69) is 27.6 Å². The van der Waals surface area contributed by atoms with Crippen molar-refractivity contribution < 1.29 is 9.72 Å². The van der Waals surface area contributed by atoms with E-state index in [1.165, 1.54) is 29.8 Å². The Morgan fingerprint density at radius 2 is 1.50 bits per heavy atom. The van der Waals surface area contributed by atoms with Crippen LogP contribution in [0.1, 0.15) is 38.9 Å². The van der Waals surface area contributed by atoms with Gasteiger partial charge in [-0.3, -0.25) is 19.5 Å². The minimum atomic E-state index is -0.523. The van der Waals surface area contributed by atoms with Crippen LogP contribution in [0.2, 0.25) is 0 Å². The lowest BCUT2D eigenvalue weighted by atomic mass is 10.0. The Hall–Kier alpha value is -4.76. The molecule has 0 saturated carbocycles. The van der Waals surface area contributed by atoms with Crippen molar-refractivity contribution in [2.75, 3.05) is 0 Å². The van der Waals surface area contributed by atoms with Crippen LogP contribution in [-0.4, -0.2) is 25.6 Å². The van der Waals surface area contributed by atoms with Crippen LogP contribution < -0.4 is 5.32 Å². The van der Waals surface area contributed by atoms with Gasteiger partial charge in [-0.15, -0.1) is 10.2 Å². The van der Waals surface area contributed by atoms with E-state index in [1.807, 2.05) is 84.3 Å². The van der Waals surface area contributed by atoms with Crippen molar-refractivity contribution in [1.82, 2.24) is 20.1 Å². The molecule has 40 heavy (non-hydrogen) atoms. The van der Waals surface area contributed by atoms with Gasteiger partial charge >= 0.3 is 0 Å². The van der Waals surface area contributed by atoms with Gasteiger partial charge in [0.1, 0.15) is 0 Å². The van der Waals surface area contributed by atoms with E-state index in [4.69, 9.17) is 0 Å². The fourth-order valence-electron chi connectivity index (χ4n) is 4.29. The zero-order valence-electron chi connectivity index (χ0n) is 21.8. The summed E-state index contributed by atoms with van der Waals surface area (Å²) in [6.45, 7) is 2.03. The molecule has 0 fully saturated rings. The lowest BCUT2D eigenvalue weighted by Crippen LogP contribution is -2.32. The smallest absolute Gasteiger partial charge is 0.269 e. The summed E-state index contributed by atoms with van der Waals surface area (Å²) < 4.78 is 2.00. The van der Waals surface area contributed by atoms with E-state index in [1.54, 1.807) is 11.8 Å². The van der Waals surface area contributed by atoms with Crippen molar-refractivity contribution in [3.05, 3.63) is 147 Å². The van der Waals surface area contributed by atoms with E-state index in [9.17, 15) is 14.9 Å². The second kappa shape index (κ2) is 12.4. The molecule has 8 nitrogen and oxygen atoms in total. The number of hydrogen-bond donors (Lipinski definition) is 1. The van der Waals surface area contributed by atoms with E-state index in [0.717, 1.165) is 16.8 Å². The van der Waals surface area contributed by atoms with Crippen LogP contribution in [0.3, 0.4) is 0 Å². The van der Waals surface area contributed by atoms with E-state index >= 15 is 0 Å². The summed E-state index contributed by atoms with van der Waals surface area (Å²) in [5.74, 6) is 0.954. The monoisotopic (exact) mass is 549 g/mol. The lowest BCUT2D eigenvalue weighted by molar-refractivity contribution is -0.384. The zero-order chi connectivity index (χ0) is 27.9. The van der Waals surface area contributed by atoms with Gasteiger partial charge in [0.25, 0.3) is 11.6 Å². The largest absolute Gasteiger partial charge is 0.342 e. The van der Waals surface area contributed by atoms with Gasteiger partial charge in [0.15, 0.2) is 11.0 Å². The van der Waals surface area contributed by atoms with Crippen LogP contribution in [0.5, 0.6) is 0 Å². The molecule has 1 heterocycles. The van der Waals surface area contributed by atoms with E-state index in [-0.39, 0.29) is 11.6 Å². The van der Waals surface area contributed by atoms with Gasteiger partial charge in [-0.1, -0.05) is 90.1 Å². The van der Waals surface area contributed by atoms with Crippen LogP contribution in [0.25, 0.3) is 5.69 Å². The van der Waals surface area contributed by atoms with Gasteiger partial charge in [-0.25, -0.2) is 0 Å². The Bertz CT molecular complexity index is 1590. The molecule has 4 aromatic carbocycles. The highest BCUT2D eigenvalue weighted by Gasteiger charge is 2.25. The first-order valence-electron chi connectivity index (χ1n) is 12.8. The Morgan fingerprint density at radius 3 is 2.12 bits per heavy atom. The number of nitro benzene ring substituents is 1. The number of benzene rings is 4. The van der Waals surface area contributed by atoms with Crippen molar-refractivity contribution in [3.63, 3.8) is 0 Å². The molecule has 1 aromatic heterocycles. The van der Waals surface area contributed by atoms with E-state index < -0.39 is 11.0 Å². The maximum atomic E-state index is 13.4. The standard InChI is InChI=1S/C31H27N5O3S/c1-22-12-16-26(17-13-22)35-29(33-34-31(35)40-21-24-10-6-3-7-11-24)28(20-23-8-4-2-5-9-23)32-30(37)25-14-18-27(19-15-25)36(38)39/h2-19,28H,20-21H2,1H3,(H,32,37). The summed E-state index contributed by atoms with van der Waals surface area (Å²) in [5.41, 5.74) is 4.46. The van der Waals surface area contributed by atoms with Crippen LogP contribution in [0.4, 0.5) is 5.69 Å². The number of nitrogens with one attached hydrogen (secondary N) is 1. The third kappa shape index (κ3) is 6.44. The maximum Gasteiger partial charge on any atom is 0.269 e. The summed E-state index contributed by atoms with van der Waals surface area (Å²) >= 11 is 1.58. The molecule has 5 aromatic rings. The highest BCUT2D eigenvalue weighted by atomic mass is 32.2. The van der Waals surface area contributed by atoms with Crippen molar-refractivity contribution in [2.45, 2.75) is 30.3 Å². The average Bonchev–Trinajstić information content (AvgIpc) is 3.41. The predicted octanol–water partition coefficient (Wildman–Crippen LogP) is 6.49. The van der Waals surface area contributed by atoms with Gasteiger partial charge in [-0.05, 0) is 48.7 Å². The van der Waals surface area contributed by atoms with Crippen LogP contribution >= 0.6 is 11.8 Å². The first-order chi connectivity index (χ1) is 19.5. The zero-order valence-corrected chi connectivity index (χ0v) is 22.6. The molecule has 0 bridgehead atoms. The topological polar surface area (TPSA) is 103 Å². The molecule has 0 aliphatic heterocycles. The molecule has 0 saturated heterocycles. The minimum absolute atomic E-state index is 0.0726. The minimum Gasteiger partial charge on any atom is -0.342 e. The first-order valence-corrected chi connectivity index (χ1v) is 13.7. The highest BCUT2D eigenvalue weighted by molar-refractivity contribution is 7.98. The number of aromatic nitrogens is 3. The summed E-state index contributed by atoms with van der Waals surface area (Å²) in [5, 5.41) is 24.0. The molecular formula is C31H27N5O3S.